The standard InChI is InChI=1S/C19H12Cl4O5S/c20-13-6-2-1-4-10(13)19(29(26,27)28,11-5-3-7-16(24)18(11)23)12-8-14(21)15(22)9-17(12)25/h1-9,24-25H,(H,26,27,28). The summed E-state index contributed by atoms with van der Waals surface area (Å²) in [6.07, 6.45) is 0. The van der Waals surface area contributed by atoms with Crippen LogP contribution in [0, 0.1) is 0 Å². The third kappa shape index (κ3) is 3.54. The van der Waals surface area contributed by atoms with Crippen LogP contribution in [-0.4, -0.2) is 23.2 Å². The van der Waals surface area contributed by atoms with E-state index in [-0.39, 0.29) is 36.8 Å². The molecule has 0 radical (unpaired) electrons. The quantitative estimate of drug-likeness (QED) is 0.311. The van der Waals surface area contributed by atoms with E-state index in [9.17, 15) is 23.2 Å². The first-order valence-electron chi connectivity index (χ1n) is 7.90. The maximum absolute atomic E-state index is 13.0. The molecule has 0 heterocycles. The second-order valence-corrected chi connectivity index (χ2v) is 9.22. The van der Waals surface area contributed by atoms with Gasteiger partial charge in [0.2, 0.25) is 0 Å². The van der Waals surface area contributed by atoms with Crippen LogP contribution in [0.15, 0.2) is 54.6 Å². The number of phenols is 2. The normalized spacial score (nSPS) is 13.8. The van der Waals surface area contributed by atoms with Gasteiger partial charge in [0.25, 0.3) is 10.1 Å². The maximum atomic E-state index is 13.0. The Balaban J connectivity index is 2.66. The zero-order valence-corrected chi connectivity index (χ0v) is 18.1. The summed E-state index contributed by atoms with van der Waals surface area (Å²) in [7, 11) is -5.14. The van der Waals surface area contributed by atoms with Gasteiger partial charge in [0, 0.05) is 27.8 Å². The van der Waals surface area contributed by atoms with Crippen molar-refractivity contribution in [2.45, 2.75) is 4.75 Å². The summed E-state index contributed by atoms with van der Waals surface area (Å²) in [4.78, 5) is 0. The van der Waals surface area contributed by atoms with Gasteiger partial charge in [-0.2, -0.15) is 8.42 Å². The van der Waals surface area contributed by atoms with Crippen molar-refractivity contribution in [3.8, 4) is 11.5 Å². The van der Waals surface area contributed by atoms with E-state index in [1.165, 1.54) is 36.4 Å². The van der Waals surface area contributed by atoms with E-state index in [1.54, 1.807) is 6.07 Å². The molecule has 0 bridgehead atoms. The van der Waals surface area contributed by atoms with Gasteiger partial charge in [0.15, 0.2) is 4.75 Å². The van der Waals surface area contributed by atoms with Crippen molar-refractivity contribution in [1.82, 2.24) is 0 Å². The first-order chi connectivity index (χ1) is 13.5. The van der Waals surface area contributed by atoms with Crippen molar-refractivity contribution >= 4 is 56.5 Å². The molecule has 10 heteroatoms. The lowest BCUT2D eigenvalue weighted by Crippen LogP contribution is -2.39. The Morgan fingerprint density at radius 1 is 0.690 bits per heavy atom. The smallest absolute Gasteiger partial charge is 0.283 e. The molecule has 29 heavy (non-hydrogen) atoms. The van der Waals surface area contributed by atoms with E-state index in [0.29, 0.717) is 0 Å². The second kappa shape index (κ2) is 7.87. The highest BCUT2D eigenvalue weighted by Crippen LogP contribution is 2.53. The van der Waals surface area contributed by atoms with Gasteiger partial charge < -0.3 is 10.2 Å². The highest BCUT2D eigenvalue weighted by Gasteiger charge is 2.52. The minimum atomic E-state index is -5.14. The fraction of sp³-hybridized carbons (Fsp3) is 0.0526. The van der Waals surface area contributed by atoms with E-state index < -0.39 is 26.4 Å². The molecule has 152 valence electrons. The summed E-state index contributed by atoms with van der Waals surface area (Å²) in [6.45, 7) is 0. The Morgan fingerprint density at radius 3 is 1.90 bits per heavy atom. The molecule has 0 saturated heterocycles. The van der Waals surface area contributed by atoms with Crippen LogP contribution in [0.1, 0.15) is 16.7 Å². The fourth-order valence-electron chi connectivity index (χ4n) is 3.21. The average Bonchev–Trinajstić information content (AvgIpc) is 2.63. The highest BCUT2D eigenvalue weighted by molar-refractivity contribution is 7.87. The third-order valence-electron chi connectivity index (χ3n) is 4.42. The number of benzene rings is 3. The topological polar surface area (TPSA) is 94.8 Å². The minimum absolute atomic E-state index is 0.0432. The fourth-order valence-corrected chi connectivity index (χ4v) is 5.53. The molecule has 3 N–H and O–H groups in total. The minimum Gasteiger partial charge on any atom is -0.508 e. The molecule has 0 aliphatic heterocycles. The highest BCUT2D eigenvalue weighted by atomic mass is 35.5. The molecule has 0 fully saturated rings. The monoisotopic (exact) mass is 492 g/mol. The Kier molecular flexibility index (Phi) is 5.98. The van der Waals surface area contributed by atoms with E-state index >= 15 is 0 Å². The predicted molar refractivity (Wildman–Crippen MR) is 114 cm³/mol. The van der Waals surface area contributed by atoms with Crippen molar-refractivity contribution < 1.29 is 23.2 Å². The van der Waals surface area contributed by atoms with Crippen LogP contribution in [0.4, 0.5) is 0 Å². The molecule has 0 aromatic heterocycles. The molecular formula is C19H12Cl4O5S. The molecule has 0 spiro atoms. The summed E-state index contributed by atoms with van der Waals surface area (Å²) >= 11 is 24.6. The van der Waals surface area contributed by atoms with Crippen LogP contribution < -0.4 is 0 Å². The van der Waals surface area contributed by atoms with Crippen LogP contribution in [0.3, 0.4) is 0 Å². The number of aromatic hydroxyl groups is 2. The summed E-state index contributed by atoms with van der Waals surface area (Å²) in [5, 5.41) is 20.2. The van der Waals surface area contributed by atoms with Crippen LogP contribution in [0.2, 0.25) is 20.1 Å². The summed E-state index contributed by atoms with van der Waals surface area (Å²) in [5.74, 6) is -1.03. The number of halogens is 4. The lowest BCUT2D eigenvalue weighted by molar-refractivity contribution is 0.439. The number of phenolic OH excluding ortho intramolecular Hbond substituents is 2. The summed E-state index contributed by atoms with van der Waals surface area (Å²) in [6, 6.07) is 11.8. The molecule has 3 rings (SSSR count). The van der Waals surface area contributed by atoms with Gasteiger partial charge in [-0.15, -0.1) is 0 Å². The predicted octanol–water partition coefficient (Wildman–Crippen LogP) is 5.89. The van der Waals surface area contributed by atoms with Crippen molar-refractivity contribution in [2.24, 2.45) is 0 Å². The van der Waals surface area contributed by atoms with Crippen molar-refractivity contribution in [1.29, 1.82) is 0 Å². The first kappa shape index (κ1) is 22.0. The van der Waals surface area contributed by atoms with E-state index in [1.807, 2.05) is 0 Å². The third-order valence-corrected chi connectivity index (χ3v) is 7.30. The zero-order valence-electron chi connectivity index (χ0n) is 14.3. The van der Waals surface area contributed by atoms with Gasteiger partial charge in [0.05, 0.1) is 15.1 Å². The van der Waals surface area contributed by atoms with Crippen LogP contribution in [0.5, 0.6) is 11.5 Å². The lowest BCUT2D eigenvalue weighted by Gasteiger charge is -2.34. The van der Waals surface area contributed by atoms with E-state index in [0.717, 1.165) is 12.1 Å². The van der Waals surface area contributed by atoms with Gasteiger partial charge in [0.1, 0.15) is 11.5 Å². The molecule has 0 aliphatic rings. The Hall–Kier alpha value is -1.67. The number of rotatable bonds is 4. The molecule has 3 aromatic carbocycles. The Morgan fingerprint density at radius 2 is 1.28 bits per heavy atom. The van der Waals surface area contributed by atoms with Crippen molar-refractivity contribution in [3.05, 3.63) is 91.4 Å². The zero-order chi connectivity index (χ0) is 21.6. The molecule has 1 unspecified atom stereocenters. The summed E-state index contributed by atoms with van der Waals surface area (Å²) in [5.41, 5.74) is -0.719. The van der Waals surface area contributed by atoms with Gasteiger partial charge in [-0.25, -0.2) is 0 Å². The lowest BCUT2D eigenvalue weighted by atomic mass is 9.83. The molecule has 3 aromatic rings. The van der Waals surface area contributed by atoms with E-state index in [2.05, 4.69) is 0 Å². The van der Waals surface area contributed by atoms with Crippen molar-refractivity contribution in [3.63, 3.8) is 0 Å². The largest absolute Gasteiger partial charge is 0.508 e. The molecule has 5 nitrogen and oxygen atoms in total. The molecule has 0 aliphatic carbocycles. The van der Waals surface area contributed by atoms with Crippen LogP contribution >= 0.6 is 46.4 Å². The molecule has 0 saturated carbocycles. The van der Waals surface area contributed by atoms with Gasteiger partial charge in [-0.1, -0.05) is 76.7 Å². The van der Waals surface area contributed by atoms with Gasteiger partial charge in [-0.3, -0.25) is 4.55 Å². The molecule has 1 atom stereocenters. The molecular weight excluding hydrogens is 482 g/mol. The number of hydrogen-bond donors (Lipinski definition) is 3. The van der Waals surface area contributed by atoms with Gasteiger partial charge in [-0.05, 0) is 18.2 Å². The van der Waals surface area contributed by atoms with Crippen molar-refractivity contribution in [2.75, 3.05) is 0 Å². The maximum Gasteiger partial charge on any atom is 0.283 e. The van der Waals surface area contributed by atoms with Crippen LogP contribution in [0.25, 0.3) is 0 Å². The molecule has 0 amide bonds. The number of hydrogen-bond acceptors (Lipinski definition) is 4. The van der Waals surface area contributed by atoms with E-state index in [4.69, 9.17) is 46.4 Å². The Labute approximate surface area is 186 Å². The average molecular weight is 494 g/mol. The SMILES string of the molecule is O=S(=O)(O)C(c1cc(Cl)c(Cl)cc1O)(c1ccccc1Cl)c1cccc(O)c1Cl. The Bertz CT molecular complexity index is 1210. The van der Waals surface area contributed by atoms with Crippen LogP contribution in [-0.2, 0) is 14.9 Å². The second-order valence-electron chi connectivity index (χ2n) is 6.06. The van der Waals surface area contributed by atoms with Gasteiger partial charge >= 0.3 is 0 Å². The first-order valence-corrected chi connectivity index (χ1v) is 10.9. The summed E-state index contributed by atoms with van der Waals surface area (Å²) < 4.78 is 33.9.